The SMILES string of the molecule is CCc1cc(O)c(F)cc1-c1ccc2c(-c3nc4c([nH]3)CN(C)C(C(=O)N3CC(C)(N(C)C)C3)C4)n[nH]c2c1. The van der Waals surface area contributed by atoms with Crippen LogP contribution in [0.2, 0.25) is 0 Å². The number of imidazole rings is 1. The second-order valence-corrected chi connectivity index (χ2v) is 11.4. The number of aromatic nitrogens is 4. The number of benzene rings is 2. The number of fused-ring (bicyclic) bond motifs is 2. The first-order chi connectivity index (χ1) is 18.6. The maximum Gasteiger partial charge on any atom is 0.240 e. The lowest BCUT2D eigenvalue weighted by Gasteiger charge is -2.53. The van der Waals surface area contributed by atoms with E-state index in [4.69, 9.17) is 4.98 Å². The molecule has 1 saturated heterocycles. The number of likely N-dealkylation sites (tertiary alicyclic amines) is 1. The fourth-order valence-corrected chi connectivity index (χ4v) is 5.79. The minimum Gasteiger partial charge on any atom is -0.505 e. The van der Waals surface area contributed by atoms with E-state index in [1.807, 2.05) is 37.1 Å². The summed E-state index contributed by atoms with van der Waals surface area (Å²) in [7, 11) is 6.10. The van der Waals surface area contributed by atoms with E-state index in [0.29, 0.717) is 30.9 Å². The summed E-state index contributed by atoms with van der Waals surface area (Å²) in [4.78, 5) is 27.9. The molecule has 2 aliphatic rings. The zero-order valence-corrected chi connectivity index (χ0v) is 23.0. The van der Waals surface area contributed by atoms with Gasteiger partial charge in [0.2, 0.25) is 5.91 Å². The maximum absolute atomic E-state index is 14.2. The number of carbonyl (C=O) groups excluding carboxylic acids is 1. The summed E-state index contributed by atoms with van der Waals surface area (Å²) in [5.74, 6) is -0.165. The van der Waals surface area contributed by atoms with Crippen LogP contribution in [0.1, 0.15) is 30.8 Å². The third-order valence-corrected chi connectivity index (χ3v) is 8.58. The number of halogens is 1. The van der Waals surface area contributed by atoms with Crippen LogP contribution in [0, 0.1) is 5.82 Å². The van der Waals surface area contributed by atoms with Crippen molar-refractivity contribution < 1.29 is 14.3 Å². The minimum absolute atomic E-state index is 0.0307. The summed E-state index contributed by atoms with van der Waals surface area (Å²) in [5.41, 5.74) is 5.88. The van der Waals surface area contributed by atoms with Gasteiger partial charge >= 0.3 is 0 Å². The Morgan fingerprint density at radius 3 is 2.74 bits per heavy atom. The highest BCUT2D eigenvalue weighted by Crippen LogP contribution is 2.35. The van der Waals surface area contributed by atoms with Crippen LogP contribution in [0.3, 0.4) is 0 Å². The van der Waals surface area contributed by atoms with Gasteiger partial charge in [-0.2, -0.15) is 5.10 Å². The second-order valence-electron chi connectivity index (χ2n) is 11.4. The number of H-pyrrole nitrogens is 2. The number of aryl methyl sites for hydroxylation is 1. The molecule has 0 bridgehead atoms. The van der Waals surface area contributed by atoms with Gasteiger partial charge in [-0.25, -0.2) is 9.37 Å². The average molecular weight is 532 g/mol. The lowest BCUT2D eigenvalue weighted by molar-refractivity contribution is -0.149. The van der Waals surface area contributed by atoms with Crippen molar-refractivity contribution in [3.05, 3.63) is 53.1 Å². The zero-order valence-electron chi connectivity index (χ0n) is 23.0. The number of rotatable bonds is 5. The van der Waals surface area contributed by atoms with Crippen molar-refractivity contribution in [1.29, 1.82) is 0 Å². The minimum atomic E-state index is -0.642. The van der Waals surface area contributed by atoms with Crippen molar-refractivity contribution in [3.8, 4) is 28.4 Å². The van der Waals surface area contributed by atoms with Crippen LogP contribution in [0.15, 0.2) is 30.3 Å². The fraction of sp³-hybridized carbons (Fsp3) is 0.414. The van der Waals surface area contributed by atoms with Gasteiger partial charge in [-0.1, -0.05) is 13.0 Å². The third kappa shape index (κ3) is 4.18. The van der Waals surface area contributed by atoms with Gasteiger partial charge in [0.1, 0.15) is 5.69 Å². The van der Waals surface area contributed by atoms with Crippen molar-refractivity contribution in [2.75, 3.05) is 34.2 Å². The third-order valence-electron chi connectivity index (χ3n) is 8.58. The molecule has 0 spiro atoms. The zero-order chi connectivity index (χ0) is 27.6. The van der Waals surface area contributed by atoms with E-state index in [2.05, 4.69) is 46.0 Å². The second kappa shape index (κ2) is 9.17. The molecule has 0 radical (unpaired) electrons. The van der Waals surface area contributed by atoms with Gasteiger partial charge in [0.15, 0.2) is 17.4 Å². The lowest BCUT2D eigenvalue weighted by Crippen LogP contribution is -2.70. The monoisotopic (exact) mass is 531 g/mol. The van der Waals surface area contributed by atoms with Gasteiger partial charge < -0.3 is 19.9 Å². The Morgan fingerprint density at radius 1 is 1.26 bits per heavy atom. The van der Waals surface area contributed by atoms with Crippen LogP contribution < -0.4 is 0 Å². The lowest BCUT2D eigenvalue weighted by atomic mass is 9.89. The van der Waals surface area contributed by atoms with E-state index >= 15 is 0 Å². The molecular formula is C29H34FN7O2. The number of nitrogens with one attached hydrogen (secondary N) is 2. The number of hydrogen-bond donors (Lipinski definition) is 3. The normalized spacial score (nSPS) is 18.9. The first-order valence-corrected chi connectivity index (χ1v) is 13.3. The predicted molar refractivity (Wildman–Crippen MR) is 148 cm³/mol. The number of nitrogens with zero attached hydrogens (tertiary/aromatic N) is 5. The van der Waals surface area contributed by atoms with E-state index in [0.717, 1.165) is 52.1 Å². The Kier molecular flexibility index (Phi) is 6.00. The summed E-state index contributed by atoms with van der Waals surface area (Å²) in [6.07, 6.45) is 1.22. The van der Waals surface area contributed by atoms with E-state index in [1.165, 1.54) is 12.1 Å². The number of phenols is 1. The highest BCUT2D eigenvalue weighted by Gasteiger charge is 2.46. The van der Waals surface area contributed by atoms with Crippen molar-refractivity contribution in [2.45, 2.75) is 44.8 Å². The van der Waals surface area contributed by atoms with Crippen LogP contribution >= 0.6 is 0 Å². The molecule has 1 unspecified atom stereocenters. The van der Waals surface area contributed by atoms with E-state index in [-0.39, 0.29) is 23.2 Å². The van der Waals surface area contributed by atoms with E-state index in [9.17, 15) is 14.3 Å². The van der Waals surface area contributed by atoms with Crippen molar-refractivity contribution in [3.63, 3.8) is 0 Å². The number of amides is 1. The predicted octanol–water partition coefficient (Wildman–Crippen LogP) is 3.55. The number of phenolic OH excluding ortho intramolecular Hbond substituents is 1. The van der Waals surface area contributed by atoms with E-state index in [1.54, 1.807) is 0 Å². The topological polar surface area (TPSA) is 104 Å². The molecule has 204 valence electrons. The smallest absolute Gasteiger partial charge is 0.240 e. The van der Waals surface area contributed by atoms with Crippen LogP contribution in [0.25, 0.3) is 33.5 Å². The molecular weight excluding hydrogens is 497 g/mol. The first kappa shape index (κ1) is 25.5. The van der Waals surface area contributed by atoms with Crippen LogP contribution in [0.5, 0.6) is 5.75 Å². The fourth-order valence-electron chi connectivity index (χ4n) is 5.79. The molecule has 0 saturated carbocycles. The Morgan fingerprint density at radius 2 is 2.03 bits per heavy atom. The van der Waals surface area contributed by atoms with Crippen molar-refractivity contribution >= 4 is 16.8 Å². The van der Waals surface area contributed by atoms with E-state index < -0.39 is 5.82 Å². The Hall–Kier alpha value is -3.76. The number of aromatic amines is 2. The molecule has 1 amide bonds. The summed E-state index contributed by atoms with van der Waals surface area (Å²) in [6.45, 7) is 6.24. The molecule has 2 aliphatic heterocycles. The molecule has 1 fully saturated rings. The molecule has 2 aromatic heterocycles. The number of likely N-dealkylation sites (N-methyl/N-ethyl adjacent to an activating group) is 2. The Bertz CT molecular complexity index is 1580. The number of carbonyl (C=O) groups is 1. The van der Waals surface area contributed by atoms with Gasteiger partial charge in [-0.05, 0) is 75.4 Å². The first-order valence-electron chi connectivity index (χ1n) is 13.3. The van der Waals surface area contributed by atoms with Crippen LogP contribution in [-0.2, 0) is 24.2 Å². The Balaban J connectivity index is 1.26. The average Bonchev–Trinajstić information content (AvgIpc) is 3.50. The van der Waals surface area contributed by atoms with Crippen molar-refractivity contribution in [2.24, 2.45) is 0 Å². The molecule has 9 nitrogen and oxygen atoms in total. The van der Waals surface area contributed by atoms with Gasteiger partial charge in [0, 0.05) is 31.4 Å². The van der Waals surface area contributed by atoms with Gasteiger partial charge in [0.05, 0.1) is 28.5 Å². The van der Waals surface area contributed by atoms with Gasteiger partial charge in [-0.3, -0.25) is 14.8 Å². The Labute approximate surface area is 226 Å². The van der Waals surface area contributed by atoms with Crippen LogP contribution in [-0.4, -0.2) is 91.7 Å². The quantitative estimate of drug-likeness (QED) is 0.364. The van der Waals surface area contributed by atoms with Crippen molar-refractivity contribution in [1.82, 2.24) is 34.9 Å². The summed E-state index contributed by atoms with van der Waals surface area (Å²) >= 11 is 0. The molecule has 10 heteroatoms. The number of hydrogen-bond acceptors (Lipinski definition) is 6. The van der Waals surface area contributed by atoms with Gasteiger partial charge in [-0.15, -0.1) is 0 Å². The maximum atomic E-state index is 14.2. The summed E-state index contributed by atoms with van der Waals surface area (Å²) in [6, 6.07) is 8.46. The highest BCUT2D eigenvalue weighted by molar-refractivity contribution is 5.94. The molecule has 2 aromatic carbocycles. The molecule has 4 aromatic rings. The molecule has 3 N–H and O–H groups in total. The number of aromatic hydroxyl groups is 1. The standard InChI is InChI=1S/C29H34FN7O2/c1-6-16-10-25(38)20(30)11-19(16)17-7-8-18-21(9-17)33-34-26(18)27-31-22-12-24(36(5)13-23(22)32-27)28(39)37-14-29(2,15-37)35(3)4/h7-11,24,38H,6,12-15H2,1-5H3,(H,31,32)(H,33,34). The summed E-state index contributed by atoms with van der Waals surface area (Å²) in [5, 5.41) is 18.3. The molecule has 39 heavy (non-hydrogen) atoms. The van der Waals surface area contributed by atoms with Crippen LogP contribution in [0.4, 0.5) is 4.39 Å². The molecule has 1 atom stereocenters. The molecule has 4 heterocycles. The largest absolute Gasteiger partial charge is 0.505 e. The molecule has 0 aliphatic carbocycles. The summed E-state index contributed by atoms with van der Waals surface area (Å²) < 4.78 is 14.2. The highest BCUT2D eigenvalue weighted by atomic mass is 19.1. The van der Waals surface area contributed by atoms with Gasteiger partial charge in [0.25, 0.3) is 0 Å². The molecule has 6 rings (SSSR count).